The first-order valence-electron chi connectivity index (χ1n) is 10.4. The van der Waals surface area contributed by atoms with E-state index in [1.165, 1.54) is 10.9 Å². The molecular weight excluding hydrogens is 374 g/mol. The lowest BCUT2D eigenvalue weighted by molar-refractivity contribution is -0.117. The lowest BCUT2D eigenvalue weighted by Crippen LogP contribution is -2.14. The van der Waals surface area contributed by atoms with E-state index in [-0.39, 0.29) is 17.7 Å². The van der Waals surface area contributed by atoms with Crippen LogP contribution < -0.4 is 10.6 Å². The van der Waals surface area contributed by atoms with Gasteiger partial charge in [-0.1, -0.05) is 18.2 Å². The molecule has 5 heteroatoms. The summed E-state index contributed by atoms with van der Waals surface area (Å²) in [5.41, 5.74) is 4.39. The highest BCUT2D eigenvalue weighted by atomic mass is 16.2. The minimum Gasteiger partial charge on any atom is -0.341 e. The third-order valence-electron chi connectivity index (χ3n) is 5.71. The first-order valence-corrected chi connectivity index (χ1v) is 10.4. The van der Waals surface area contributed by atoms with Crippen LogP contribution in [0.5, 0.6) is 0 Å². The van der Waals surface area contributed by atoms with Gasteiger partial charge in [0.1, 0.15) is 0 Å². The molecule has 0 unspecified atom stereocenters. The molecule has 1 heterocycles. The predicted octanol–water partition coefficient (Wildman–Crippen LogP) is 5.42. The van der Waals surface area contributed by atoms with Crippen molar-refractivity contribution in [3.05, 3.63) is 72.3 Å². The van der Waals surface area contributed by atoms with Crippen molar-refractivity contribution in [1.82, 2.24) is 4.57 Å². The van der Waals surface area contributed by atoms with Crippen molar-refractivity contribution < 1.29 is 9.59 Å². The number of rotatable bonds is 5. The SMILES string of the molecule is CCn1c2ccccc2c2cc(NC(=O)c3ccc(NC(=O)C4CC4)cc3)ccc21. The van der Waals surface area contributed by atoms with Gasteiger partial charge in [0.2, 0.25) is 5.91 Å². The van der Waals surface area contributed by atoms with E-state index in [0.29, 0.717) is 5.56 Å². The molecule has 1 saturated carbocycles. The number of hydrogen-bond donors (Lipinski definition) is 2. The summed E-state index contributed by atoms with van der Waals surface area (Å²) in [7, 11) is 0. The van der Waals surface area contributed by atoms with Crippen molar-refractivity contribution in [2.45, 2.75) is 26.3 Å². The number of amides is 2. The average Bonchev–Trinajstić information content (AvgIpc) is 3.57. The van der Waals surface area contributed by atoms with E-state index in [4.69, 9.17) is 0 Å². The van der Waals surface area contributed by atoms with Crippen molar-refractivity contribution in [2.24, 2.45) is 5.92 Å². The molecule has 0 spiro atoms. The molecule has 1 aliphatic carbocycles. The fourth-order valence-electron chi connectivity index (χ4n) is 3.97. The highest BCUT2D eigenvalue weighted by Gasteiger charge is 2.29. The van der Waals surface area contributed by atoms with E-state index in [0.717, 1.165) is 41.7 Å². The summed E-state index contributed by atoms with van der Waals surface area (Å²) in [5, 5.41) is 8.20. The zero-order chi connectivity index (χ0) is 20.7. The maximum absolute atomic E-state index is 12.7. The van der Waals surface area contributed by atoms with Gasteiger partial charge in [-0.25, -0.2) is 0 Å². The Labute approximate surface area is 174 Å². The van der Waals surface area contributed by atoms with E-state index in [9.17, 15) is 9.59 Å². The Bertz CT molecular complexity index is 1270. The molecule has 1 aliphatic rings. The van der Waals surface area contributed by atoms with Crippen LogP contribution >= 0.6 is 0 Å². The summed E-state index contributed by atoms with van der Waals surface area (Å²) < 4.78 is 2.28. The molecule has 3 aromatic carbocycles. The lowest BCUT2D eigenvalue weighted by Gasteiger charge is -2.08. The van der Waals surface area contributed by atoms with E-state index in [1.807, 2.05) is 24.3 Å². The van der Waals surface area contributed by atoms with Crippen LogP contribution in [-0.2, 0) is 11.3 Å². The highest BCUT2D eigenvalue weighted by Crippen LogP contribution is 2.31. The van der Waals surface area contributed by atoms with Gasteiger partial charge in [-0.05, 0) is 68.3 Å². The van der Waals surface area contributed by atoms with Gasteiger partial charge in [0, 0.05) is 51.2 Å². The average molecular weight is 397 g/mol. The number of para-hydroxylation sites is 1. The van der Waals surface area contributed by atoms with Gasteiger partial charge in [-0.3, -0.25) is 9.59 Å². The summed E-state index contributed by atoms with van der Waals surface area (Å²) in [4.78, 5) is 24.6. The van der Waals surface area contributed by atoms with E-state index < -0.39 is 0 Å². The summed E-state index contributed by atoms with van der Waals surface area (Å²) >= 11 is 0. The Morgan fingerprint density at radius 1 is 0.867 bits per heavy atom. The summed E-state index contributed by atoms with van der Waals surface area (Å²) in [6, 6.07) is 21.4. The maximum Gasteiger partial charge on any atom is 0.255 e. The normalized spacial score (nSPS) is 13.5. The molecule has 2 amide bonds. The number of benzene rings is 3. The van der Waals surface area contributed by atoms with Crippen molar-refractivity contribution in [1.29, 1.82) is 0 Å². The van der Waals surface area contributed by atoms with Crippen molar-refractivity contribution in [3.63, 3.8) is 0 Å². The minimum atomic E-state index is -0.173. The number of anilines is 2. The fourth-order valence-corrected chi connectivity index (χ4v) is 3.97. The van der Waals surface area contributed by atoms with Gasteiger partial charge in [0.25, 0.3) is 5.91 Å². The van der Waals surface area contributed by atoms with E-state index in [1.54, 1.807) is 24.3 Å². The zero-order valence-electron chi connectivity index (χ0n) is 16.8. The fraction of sp³-hybridized carbons (Fsp3) is 0.200. The first kappa shape index (κ1) is 18.4. The molecule has 0 atom stereocenters. The van der Waals surface area contributed by atoms with Gasteiger partial charge in [0.15, 0.2) is 0 Å². The van der Waals surface area contributed by atoms with Crippen LogP contribution in [0.25, 0.3) is 21.8 Å². The minimum absolute atomic E-state index is 0.0618. The maximum atomic E-state index is 12.7. The van der Waals surface area contributed by atoms with Crippen LogP contribution in [0, 0.1) is 5.92 Å². The summed E-state index contributed by atoms with van der Waals surface area (Å²) in [5.74, 6) is 0.0435. The number of carbonyl (C=O) groups excluding carboxylic acids is 2. The molecule has 4 aromatic rings. The zero-order valence-corrected chi connectivity index (χ0v) is 16.8. The number of nitrogens with one attached hydrogen (secondary N) is 2. The van der Waals surface area contributed by atoms with Crippen LogP contribution in [0.4, 0.5) is 11.4 Å². The first-order chi connectivity index (χ1) is 14.6. The van der Waals surface area contributed by atoms with Gasteiger partial charge in [0.05, 0.1) is 0 Å². The number of hydrogen-bond acceptors (Lipinski definition) is 2. The molecule has 5 nitrogen and oxygen atoms in total. The van der Waals surface area contributed by atoms with Crippen LogP contribution in [0.15, 0.2) is 66.7 Å². The second-order valence-electron chi connectivity index (χ2n) is 7.79. The largest absolute Gasteiger partial charge is 0.341 e. The Morgan fingerprint density at radius 3 is 2.30 bits per heavy atom. The Hall–Kier alpha value is -3.60. The van der Waals surface area contributed by atoms with Crippen LogP contribution in [-0.4, -0.2) is 16.4 Å². The standard InChI is InChI=1S/C25H23N3O2/c1-2-28-22-6-4-3-5-20(22)21-15-19(13-14-23(21)28)27-25(30)17-9-11-18(12-10-17)26-24(29)16-7-8-16/h3-6,9-16H,2,7-8H2,1H3,(H,26,29)(H,27,30). The van der Waals surface area contributed by atoms with Crippen LogP contribution in [0.1, 0.15) is 30.1 Å². The topological polar surface area (TPSA) is 63.1 Å². The van der Waals surface area contributed by atoms with Gasteiger partial charge in [-0.2, -0.15) is 0 Å². The summed E-state index contributed by atoms with van der Waals surface area (Å²) in [6.07, 6.45) is 1.93. The predicted molar refractivity (Wildman–Crippen MR) is 121 cm³/mol. The molecule has 0 aliphatic heterocycles. The highest BCUT2D eigenvalue weighted by molar-refractivity contribution is 6.11. The van der Waals surface area contributed by atoms with Crippen molar-refractivity contribution in [3.8, 4) is 0 Å². The molecular formula is C25H23N3O2. The molecule has 0 bridgehead atoms. The molecule has 0 saturated heterocycles. The number of carbonyl (C=O) groups is 2. The smallest absolute Gasteiger partial charge is 0.255 e. The third kappa shape index (κ3) is 3.32. The van der Waals surface area contributed by atoms with Crippen molar-refractivity contribution in [2.75, 3.05) is 10.6 Å². The molecule has 5 rings (SSSR count). The third-order valence-corrected chi connectivity index (χ3v) is 5.71. The molecule has 1 fully saturated rings. The Kier molecular flexibility index (Phi) is 4.51. The molecule has 0 radical (unpaired) electrons. The summed E-state index contributed by atoms with van der Waals surface area (Å²) in [6.45, 7) is 3.03. The van der Waals surface area contributed by atoms with E-state index in [2.05, 4.69) is 40.3 Å². The van der Waals surface area contributed by atoms with E-state index >= 15 is 0 Å². The number of nitrogens with zero attached hydrogens (tertiary/aromatic N) is 1. The Balaban J connectivity index is 1.37. The molecule has 2 N–H and O–H groups in total. The van der Waals surface area contributed by atoms with Crippen LogP contribution in [0.3, 0.4) is 0 Å². The second kappa shape index (κ2) is 7.34. The quantitative estimate of drug-likeness (QED) is 0.473. The van der Waals surface area contributed by atoms with Gasteiger partial charge >= 0.3 is 0 Å². The van der Waals surface area contributed by atoms with Crippen molar-refractivity contribution >= 4 is 45.0 Å². The molecule has 30 heavy (non-hydrogen) atoms. The molecule has 1 aromatic heterocycles. The molecule has 150 valence electrons. The van der Waals surface area contributed by atoms with Crippen LogP contribution in [0.2, 0.25) is 0 Å². The monoisotopic (exact) mass is 397 g/mol. The Morgan fingerprint density at radius 2 is 1.57 bits per heavy atom. The number of aromatic nitrogens is 1. The number of fused-ring (bicyclic) bond motifs is 3. The van der Waals surface area contributed by atoms with Gasteiger partial charge in [-0.15, -0.1) is 0 Å². The lowest BCUT2D eigenvalue weighted by atomic mass is 10.1. The number of aryl methyl sites for hydroxylation is 1. The second-order valence-corrected chi connectivity index (χ2v) is 7.79. The van der Waals surface area contributed by atoms with Gasteiger partial charge < -0.3 is 15.2 Å².